The minimum absolute atomic E-state index is 0.280. The molecule has 1 aromatic rings. The van der Waals surface area contributed by atoms with Crippen molar-refractivity contribution < 1.29 is 14.3 Å². The summed E-state index contributed by atoms with van der Waals surface area (Å²) in [4.78, 5) is 25.4. The van der Waals surface area contributed by atoms with Gasteiger partial charge in [0.1, 0.15) is 5.60 Å². The van der Waals surface area contributed by atoms with E-state index in [2.05, 4.69) is 17.6 Å². The average molecular weight is 288 g/mol. The van der Waals surface area contributed by atoms with Crippen molar-refractivity contribution in [1.82, 2.24) is 4.90 Å². The van der Waals surface area contributed by atoms with Crippen molar-refractivity contribution in [3.05, 3.63) is 48.3 Å². The first-order valence-corrected chi connectivity index (χ1v) is 6.47. The third-order valence-electron chi connectivity index (χ3n) is 2.40. The molecule has 0 aliphatic heterocycles. The van der Waals surface area contributed by atoms with E-state index < -0.39 is 11.7 Å². The number of anilines is 1. The molecule has 0 aliphatic rings. The van der Waals surface area contributed by atoms with E-state index in [1.165, 1.54) is 11.1 Å². The molecule has 5 heteroatoms. The number of carbonyl (C=O) groups excluding carboxylic acids is 2. The topological polar surface area (TPSA) is 58.6 Å². The van der Waals surface area contributed by atoms with Crippen LogP contribution in [0.4, 0.5) is 10.5 Å². The Morgan fingerprint density at radius 1 is 1.33 bits per heavy atom. The Balaban J connectivity index is 2.97. The number of nitrogens with one attached hydrogen (secondary N) is 1. The smallest absolute Gasteiger partial charge is 0.412 e. The number of rotatable bonds is 3. The highest BCUT2D eigenvalue weighted by atomic mass is 16.6. The van der Waals surface area contributed by atoms with Crippen molar-refractivity contribution in [3.63, 3.8) is 0 Å². The molecule has 0 aliphatic carbocycles. The fourth-order valence-corrected chi connectivity index (χ4v) is 1.58. The van der Waals surface area contributed by atoms with Gasteiger partial charge in [0.25, 0.3) is 5.91 Å². The highest BCUT2D eigenvalue weighted by Crippen LogP contribution is 2.18. The summed E-state index contributed by atoms with van der Waals surface area (Å²) in [6.45, 7) is 8.73. The molecule has 2 amide bonds. The predicted octanol–water partition coefficient (Wildman–Crippen LogP) is 3.40. The fourth-order valence-electron chi connectivity index (χ4n) is 1.58. The van der Waals surface area contributed by atoms with Gasteiger partial charge in [-0.25, -0.2) is 4.79 Å². The van der Waals surface area contributed by atoms with Crippen molar-refractivity contribution in [2.24, 2.45) is 0 Å². The Morgan fingerprint density at radius 3 is 2.52 bits per heavy atom. The van der Waals surface area contributed by atoms with Gasteiger partial charge in [-0.15, -0.1) is 5.73 Å². The van der Waals surface area contributed by atoms with E-state index in [0.29, 0.717) is 11.3 Å². The Bertz CT molecular complexity index is 581. The molecule has 1 aromatic carbocycles. The van der Waals surface area contributed by atoms with Crippen molar-refractivity contribution in [3.8, 4) is 0 Å². The zero-order chi connectivity index (χ0) is 16.0. The summed E-state index contributed by atoms with van der Waals surface area (Å²) >= 11 is 0. The lowest BCUT2D eigenvalue weighted by Gasteiger charge is -2.20. The molecule has 0 radical (unpaired) electrons. The van der Waals surface area contributed by atoms with Crippen LogP contribution in [0.15, 0.2) is 42.8 Å². The lowest BCUT2D eigenvalue weighted by atomic mass is 10.1. The summed E-state index contributed by atoms with van der Waals surface area (Å²) < 4.78 is 5.18. The molecule has 1 rings (SSSR count). The van der Waals surface area contributed by atoms with Gasteiger partial charge < -0.3 is 9.64 Å². The second kappa shape index (κ2) is 6.77. The summed E-state index contributed by atoms with van der Waals surface area (Å²) in [7, 11) is 1.59. The van der Waals surface area contributed by atoms with Gasteiger partial charge >= 0.3 is 6.09 Å². The van der Waals surface area contributed by atoms with Crippen LogP contribution in [0.2, 0.25) is 0 Å². The van der Waals surface area contributed by atoms with E-state index in [-0.39, 0.29) is 5.91 Å². The van der Waals surface area contributed by atoms with Crippen LogP contribution in [-0.2, 0) is 4.74 Å². The molecule has 0 fully saturated rings. The maximum Gasteiger partial charge on any atom is 0.412 e. The van der Waals surface area contributed by atoms with Crippen molar-refractivity contribution in [2.75, 3.05) is 12.4 Å². The minimum atomic E-state index is -0.607. The lowest BCUT2D eigenvalue weighted by Crippen LogP contribution is -2.28. The Labute approximate surface area is 124 Å². The van der Waals surface area contributed by atoms with Crippen LogP contribution in [0.25, 0.3) is 0 Å². The van der Waals surface area contributed by atoms with Crippen LogP contribution >= 0.6 is 0 Å². The number of benzene rings is 1. The molecule has 0 spiro atoms. The van der Waals surface area contributed by atoms with Gasteiger partial charge in [-0.3, -0.25) is 10.1 Å². The minimum Gasteiger partial charge on any atom is -0.444 e. The Morgan fingerprint density at radius 2 is 1.95 bits per heavy atom. The molecule has 21 heavy (non-hydrogen) atoms. The van der Waals surface area contributed by atoms with Gasteiger partial charge in [-0.2, -0.15) is 0 Å². The molecule has 0 unspecified atom stereocenters. The van der Waals surface area contributed by atoms with E-state index in [1.54, 1.807) is 52.1 Å². The quantitative estimate of drug-likeness (QED) is 0.867. The van der Waals surface area contributed by atoms with Crippen LogP contribution in [0.3, 0.4) is 0 Å². The predicted molar refractivity (Wildman–Crippen MR) is 82.1 cm³/mol. The zero-order valence-corrected chi connectivity index (χ0v) is 12.8. The van der Waals surface area contributed by atoms with Gasteiger partial charge in [0, 0.05) is 13.2 Å². The van der Waals surface area contributed by atoms with E-state index in [4.69, 9.17) is 4.74 Å². The summed E-state index contributed by atoms with van der Waals surface area (Å²) in [6, 6.07) is 6.72. The SMILES string of the molecule is C=C=CN(C)C(=O)c1ccccc1NC(=O)OC(C)(C)C. The third-order valence-corrected chi connectivity index (χ3v) is 2.40. The van der Waals surface area contributed by atoms with Gasteiger partial charge in [0.15, 0.2) is 0 Å². The molecule has 0 bridgehead atoms. The maximum atomic E-state index is 12.3. The fraction of sp³-hybridized carbons (Fsp3) is 0.312. The molecule has 0 atom stereocenters. The molecule has 0 saturated heterocycles. The van der Waals surface area contributed by atoms with E-state index in [1.807, 2.05) is 0 Å². The molecule has 112 valence electrons. The molecule has 0 saturated carbocycles. The number of hydrogen-bond acceptors (Lipinski definition) is 3. The first-order chi connectivity index (χ1) is 9.74. The van der Waals surface area contributed by atoms with Crippen molar-refractivity contribution in [1.29, 1.82) is 0 Å². The summed E-state index contributed by atoms with van der Waals surface area (Å²) in [5, 5.41) is 2.59. The highest BCUT2D eigenvalue weighted by molar-refractivity contribution is 6.02. The van der Waals surface area contributed by atoms with Crippen molar-refractivity contribution in [2.45, 2.75) is 26.4 Å². The zero-order valence-electron chi connectivity index (χ0n) is 12.8. The molecule has 1 N–H and O–H groups in total. The monoisotopic (exact) mass is 288 g/mol. The normalized spacial score (nSPS) is 10.3. The highest BCUT2D eigenvalue weighted by Gasteiger charge is 2.19. The number of hydrogen-bond donors (Lipinski definition) is 1. The van der Waals surface area contributed by atoms with E-state index in [0.717, 1.165) is 0 Å². The van der Waals surface area contributed by atoms with Gasteiger partial charge in [-0.05, 0) is 32.9 Å². The van der Waals surface area contributed by atoms with E-state index >= 15 is 0 Å². The number of carbonyl (C=O) groups is 2. The van der Waals surface area contributed by atoms with Crippen LogP contribution < -0.4 is 5.32 Å². The molecular formula is C16H20N2O3. The third kappa shape index (κ3) is 5.16. The first kappa shape index (κ1) is 16.5. The standard InChI is InChI=1S/C16H20N2O3/c1-6-11-18(5)14(19)12-9-7-8-10-13(12)17-15(20)21-16(2,3)4/h7-11H,1H2,2-5H3,(H,17,20). The van der Waals surface area contributed by atoms with Crippen LogP contribution in [0, 0.1) is 0 Å². The maximum absolute atomic E-state index is 12.3. The van der Waals surface area contributed by atoms with Gasteiger partial charge in [0.05, 0.1) is 11.3 Å². The van der Waals surface area contributed by atoms with Crippen molar-refractivity contribution >= 4 is 17.7 Å². The number of para-hydroxylation sites is 1. The number of ether oxygens (including phenoxy) is 1. The number of nitrogens with zero attached hydrogens (tertiary/aromatic N) is 1. The summed E-state index contributed by atoms with van der Waals surface area (Å²) in [5.74, 6) is -0.280. The van der Waals surface area contributed by atoms with Crippen LogP contribution in [0.5, 0.6) is 0 Å². The summed E-state index contributed by atoms with van der Waals surface area (Å²) in [5.41, 5.74) is 2.67. The first-order valence-electron chi connectivity index (χ1n) is 6.47. The lowest BCUT2D eigenvalue weighted by molar-refractivity contribution is 0.0636. The molecular weight excluding hydrogens is 268 g/mol. The largest absolute Gasteiger partial charge is 0.444 e. The molecule has 0 heterocycles. The van der Waals surface area contributed by atoms with Crippen LogP contribution in [0.1, 0.15) is 31.1 Å². The molecule has 5 nitrogen and oxygen atoms in total. The van der Waals surface area contributed by atoms with Crippen LogP contribution in [-0.4, -0.2) is 29.5 Å². The number of amides is 2. The second-order valence-electron chi connectivity index (χ2n) is 5.42. The van der Waals surface area contributed by atoms with E-state index in [9.17, 15) is 9.59 Å². The second-order valence-corrected chi connectivity index (χ2v) is 5.42. The average Bonchev–Trinajstić information content (AvgIpc) is 2.36. The molecule has 0 aromatic heterocycles. The van der Waals surface area contributed by atoms with Gasteiger partial charge in [0.2, 0.25) is 0 Å². The van der Waals surface area contributed by atoms with Gasteiger partial charge in [-0.1, -0.05) is 18.7 Å². The Hall–Kier alpha value is -2.52. The summed E-state index contributed by atoms with van der Waals surface area (Å²) in [6.07, 6.45) is 0.816. The Kier molecular flexibility index (Phi) is 5.33.